The van der Waals surface area contributed by atoms with Crippen molar-refractivity contribution in [1.29, 1.82) is 0 Å². The number of benzene rings is 1. The van der Waals surface area contributed by atoms with Crippen molar-refractivity contribution < 1.29 is 8.91 Å². The minimum Gasteiger partial charge on any atom is -0.334 e. The quantitative estimate of drug-likeness (QED) is 0.816. The SMILES string of the molecule is CC(N)c1noc(-c2ccccc2F)n1. The zero-order valence-electron chi connectivity index (χ0n) is 8.14. The minimum absolute atomic E-state index is 0.153. The highest BCUT2D eigenvalue weighted by Gasteiger charge is 2.14. The molecule has 0 amide bonds. The monoisotopic (exact) mass is 207 g/mol. The van der Waals surface area contributed by atoms with Crippen molar-refractivity contribution in [3.8, 4) is 11.5 Å². The topological polar surface area (TPSA) is 64.9 Å². The third-order valence-electron chi connectivity index (χ3n) is 1.95. The summed E-state index contributed by atoms with van der Waals surface area (Å²) in [5.41, 5.74) is 5.85. The number of nitrogens with two attached hydrogens (primary N) is 1. The molecule has 2 aromatic rings. The number of aromatic nitrogens is 2. The smallest absolute Gasteiger partial charge is 0.260 e. The van der Waals surface area contributed by atoms with Gasteiger partial charge in [0.15, 0.2) is 5.82 Å². The highest BCUT2D eigenvalue weighted by Crippen LogP contribution is 2.21. The van der Waals surface area contributed by atoms with E-state index in [1.165, 1.54) is 6.07 Å². The fourth-order valence-electron chi connectivity index (χ4n) is 1.16. The van der Waals surface area contributed by atoms with Crippen molar-refractivity contribution in [2.24, 2.45) is 5.73 Å². The third-order valence-corrected chi connectivity index (χ3v) is 1.95. The maximum Gasteiger partial charge on any atom is 0.260 e. The number of halogens is 1. The van der Waals surface area contributed by atoms with Crippen molar-refractivity contribution in [3.05, 3.63) is 35.9 Å². The van der Waals surface area contributed by atoms with Crippen LogP contribution in [0.5, 0.6) is 0 Å². The van der Waals surface area contributed by atoms with Gasteiger partial charge in [0, 0.05) is 0 Å². The number of hydrogen-bond donors (Lipinski definition) is 1. The molecule has 1 heterocycles. The van der Waals surface area contributed by atoms with Crippen LogP contribution in [0, 0.1) is 5.82 Å². The highest BCUT2D eigenvalue weighted by atomic mass is 19.1. The van der Waals surface area contributed by atoms with E-state index in [2.05, 4.69) is 10.1 Å². The van der Waals surface area contributed by atoms with Crippen LogP contribution in [0.2, 0.25) is 0 Å². The van der Waals surface area contributed by atoms with Crippen LogP contribution in [-0.2, 0) is 0 Å². The summed E-state index contributed by atoms with van der Waals surface area (Å²) < 4.78 is 18.2. The van der Waals surface area contributed by atoms with E-state index < -0.39 is 5.82 Å². The molecule has 1 aromatic heterocycles. The number of rotatable bonds is 2. The van der Waals surface area contributed by atoms with Crippen molar-refractivity contribution >= 4 is 0 Å². The summed E-state index contributed by atoms with van der Waals surface area (Å²) in [6.07, 6.45) is 0. The predicted molar refractivity (Wildman–Crippen MR) is 52.3 cm³/mol. The van der Waals surface area contributed by atoms with E-state index in [0.29, 0.717) is 5.82 Å². The van der Waals surface area contributed by atoms with Crippen LogP contribution in [-0.4, -0.2) is 10.1 Å². The van der Waals surface area contributed by atoms with Gasteiger partial charge in [-0.15, -0.1) is 0 Å². The van der Waals surface area contributed by atoms with Gasteiger partial charge >= 0.3 is 0 Å². The molecule has 0 aliphatic rings. The van der Waals surface area contributed by atoms with Crippen LogP contribution in [0.3, 0.4) is 0 Å². The summed E-state index contributed by atoms with van der Waals surface area (Å²) in [6, 6.07) is 5.89. The Morgan fingerprint density at radius 2 is 2.13 bits per heavy atom. The Labute approximate surface area is 85.9 Å². The number of nitrogens with zero attached hydrogens (tertiary/aromatic N) is 2. The van der Waals surface area contributed by atoms with Gasteiger partial charge in [0.2, 0.25) is 0 Å². The molecule has 0 aliphatic heterocycles. The maximum absolute atomic E-state index is 13.3. The Hall–Kier alpha value is -1.75. The van der Waals surface area contributed by atoms with E-state index in [-0.39, 0.29) is 17.5 Å². The first kappa shape index (κ1) is 9.79. The van der Waals surface area contributed by atoms with Crippen LogP contribution in [0.1, 0.15) is 18.8 Å². The van der Waals surface area contributed by atoms with E-state index in [1.807, 2.05) is 0 Å². The lowest BCUT2D eigenvalue weighted by Gasteiger charge is -1.95. The molecule has 78 valence electrons. The lowest BCUT2D eigenvalue weighted by atomic mass is 10.2. The molecule has 2 rings (SSSR count). The molecule has 0 radical (unpaired) electrons. The van der Waals surface area contributed by atoms with Crippen molar-refractivity contribution in [2.75, 3.05) is 0 Å². The van der Waals surface area contributed by atoms with Gasteiger partial charge in [-0.05, 0) is 19.1 Å². The molecule has 4 nitrogen and oxygen atoms in total. The summed E-state index contributed by atoms with van der Waals surface area (Å²) in [5, 5.41) is 3.66. The highest BCUT2D eigenvalue weighted by molar-refractivity contribution is 5.53. The minimum atomic E-state index is -0.391. The van der Waals surface area contributed by atoms with Crippen LogP contribution >= 0.6 is 0 Å². The molecule has 1 aromatic carbocycles. The van der Waals surface area contributed by atoms with Crippen LogP contribution in [0.15, 0.2) is 28.8 Å². The second-order valence-electron chi connectivity index (χ2n) is 3.23. The molecule has 0 spiro atoms. The zero-order chi connectivity index (χ0) is 10.8. The molecule has 1 atom stereocenters. The van der Waals surface area contributed by atoms with E-state index in [1.54, 1.807) is 25.1 Å². The van der Waals surface area contributed by atoms with E-state index in [0.717, 1.165) is 0 Å². The van der Waals surface area contributed by atoms with Gasteiger partial charge in [-0.25, -0.2) is 4.39 Å². The normalized spacial score (nSPS) is 12.7. The average Bonchev–Trinajstić information content (AvgIpc) is 2.67. The molecular formula is C10H10FN3O. The first-order valence-electron chi connectivity index (χ1n) is 4.52. The molecule has 5 heteroatoms. The van der Waals surface area contributed by atoms with Crippen LogP contribution < -0.4 is 5.73 Å². The molecule has 0 bridgehead atoms. The van der Waals surface area contributed by atoms with Gasteiger partial charge in [-0.3, -0.25) is 0 Å². The molecule has 15 heavy (non-hydrogen) atoms. The lowest BCUT2D eigenvalue weighted by Crippen LogP contribution is -2.06. The first-order valence-corrected chi connectivity index (χ1v) is 4.52. The van der Waals surface area contributed by atoms with Crippen molar-refractivity contribution in [1.82, 2.24) is 10.1 Å². The third kappa shape index (κ3) is 1.87. The summed E-state index contributed by atoms with van der Waals surface area (Å²) in [7, 11) is 0. The van der Waals surface area contributed by atoms with Gasteiger partial charge in [-0.1, -0.05) is 17.3 Å². The lowest BCUT2D eigenvalue weighted by molar-refractivity contribution is 0.416. The Kier molecular flexibility index (Phi) is 2.47. The Morgan fingerprint density at radius 1 is 1.40 bits per heavy atom. The second-order valence-corrected chi connectivity index (χ2v) is 3.23. The van der Waals surface area contributed by atoms with Crippen molar-refractivity contribution in [2.45, 2.75) is 13.0 Å². The average molecular weight is 207 g/mol. The molecule has 0 fully saturated rings. The fraction of sp³-hybridized carbons (Fsp3) is 0.200. The predicted octanol–water partition coefficient (Wildman–Crippen LogP) is 1.90. The molecule has 2 N–H and O–H groups in total. The molecule has 0 saturated carbocycles. The Morgan fingerprint density at radius 3 is 2.73 bits per heavy atom. The van der Waals surface area contributed by atoms with E-state index >= 15 is 0 Å². The van der Waals surface area contributed by atoms with E-state index in [9.17, 15) is 4.39 Å². The largest absolute Gasteiger partial charge is 0.334 e. The van der Waals surface area contributed by atoms with Gasteiger partial charge in [0.25, 0.3) is 5.89 Å². The Balaban J connectivity index is 2.42. The van der Waals surface area contributed by atoms with Crippen LogP contribution in [0.25, 0.3) is 11.5 Å². The van der Waals surface area contributed by atoms with Gasteiger partial charge in [-0.2, -0.15) is 4.98 Å². The standard InChI is InChI=1S/C10H10FN3O/c1-6(12)9-13-10(15-14-9)7-4-2-3-5-8(7)11/h2-6H,12H2,1H3. The summed E-state index contributed by atoms with van der Waals surface area (Å²) in [5.74, 6) is 0.131. The summed E-state index contributed by atoms with van der Waals surface area (Å²) in [4.78, 5) is 4.00. The second kappa shape index (κ2) is 3.78. The molecule has 0 aliphatic carbocycles. The molecule has 0 saturated heterocycles. The van der Waals surface area contributed by atoms with Gasteiger partial charge in [0.05, 0.1) is 11.6 Å². The first-order chi connectivity index (χ1) is 7.18. The zero-order valence-corrected chi connectivity index (χ0v) is 8.14. The summed E-state index contributed by atoms with van der Waals surface area (Å²) in [6.45, 7) is 1.73. The molecule has 1 unspecified atom stereocenters. The Bertz CT molecular complexity index is 467. The maximum atomic E-state index is 13.3. The molecular weight excluding hydrogens is 197 g/mol. The summed E-state index contributed by atoms with van der Waals surface area (Å²) >= 11 is 0. The van der Waals surface area contributed by atoms with Gasteiger partial charge in [0.1, 0.15) is 5.82 Å². The van der Waals surface area contributed by atoms with Gasteiger partial charge < -0.3 is 10.3 Å². The van der Waals surface area contributed by atoms with E-state index in [4.69, 9.17) is 10.3 Å². The van der Waals surface area contributed by atoms with Crippen molar-refractivity contribution in [3.63, 3.8) is 0 Å². The fourth-order valence-corrected chi connectivity index (χ4v) is 1.16. The number of hydrogen-bond acceptors (Lipinski definition) is 4. The van der Waals surface area contributed by atoms with Crippen LogP contribution in [0.4, 0.5) is 4.39 Å².